The summed E-state index contributed by atoms with van der Waals surface area (Å²) >= 11 is 1.92. The number of nitriles is 1. The molecule has 0 heterocycles. The van der Waals surface area contributed by atoms with Gasteiger partial charge in [-0.25, -0.2) is 0 Å². The van der Waals surface area contributed by atoms with Gasteiger partial charge in [-0.05, 0) is 37.3 Å². The van der Waals surface area contributed by atoms with E-state index in [0.717, 1.165) is 11.4 Å². The van der Waals surface area contributed by atoms with Crippen molar-refractivity contribution in [2.45, 2.75) is 37.0 Å². The Morgan fingerprint density at radius 1 is 1.39 bits per heavy atom. The van der Waals surface area contributed by atoms with Gasteiger partial charge in [-0.3, -0.25) is 0 Å². The lowest BCUT2D eigenvalue weighted by atomic mass is 9.94. The van der Waals surface area contributed by atoms with Crippen molar-refractivity contribution < 1.29 is 0 Å². The smallest absolute Gasteiger partial charge is 0.0992 e. The van der Waals surface area contributed by atoms with Crippen LogP contribution in [0.4, 0.5) is 11.4 Å². The number of hydrogen-bond donors (Lipinski definition) is 2. The van der Waals surface area contributed by atoms with Crippen LogP contribution in [0.15, 0.2) is 18.2 Å². The molecule has 1 fully saturated rings. The van der Waals surface area contributed by atoms with Gasteiger partial charge in [0, 0.05) is 11.3 Å². The lowest BCUT2D eigenvalue weighted by molar-refractivity contribution is 0.475. The SMILES string of the molecule is CSC1CCCCC1Nc1cc(C#N)ccc1N. The summed E-state index contributed by atoms with van der Waals surface area (Å²) in [6.45, 7) is 0. The molecule has 0 amide bonds. The third-order valence-corrected chi connectivity index (χ3v) is 4.70. The minimum absolute atomic E-state index is 0.463. The van der Waals surface area contributed by atoms with Gasteiger partial charge < -0.3 is 11.1 Å². The normalized spacial score (nSPS) is 23.3. The summed E-state index contributed by atoms with van der Waals surface area (Å²) in [7, 11) is 0. The van der Waals surface area contributed by atoms with Crippen LogP contribution >= 0.6 is 11.8 Å². The van der Waals surface area contributed by atoms with Gasteiger partial charge in [0.1, 0.15) is 0 Å². The van der Waals surface area contributed by atoms with Gasteiger partial charge in [-0.1, -0.05) is 12.8 Å². The summed E-state index contributed by atoms with van der Waals surface area (Å²) < 4.78 is 0. The highest BCUT2D eigenvalue weighted by atomic mass is 32.2. The highest BCUT2D eigenvalue weighted by Crippen LogP contribution is 2.31. The van der Waals surface area contributed by atoms with E-state index in [1.54, 1.807) is 12.1 Å². The zero-order valence-corrected chi connectivity index (χ0v) is 11.5. The average molecular weight is 261 g/mol. The van der Waals surface area contributed by atoms with E-state index in [4.69, 9.17) is 11.0 Å². The number of anilines is 2. The Kier molecular flexibility index (Phi) is 4.38. The van der Waals surface area contributed by atoms with Crippen LogP contribution in [0, 0.1) is 11.3 Å². The highest BCUT2D eigenvalue weighted by molar-refractivity contribution is 7.99. The number of rotatable bonds is 3. The lowest BCUT2D eigenvalue weighted by Crippen LogP contribution is -2.34. The van der Waals surface area contributed by atoms with Crippen molar-refractivity contribution in [2.75, 3.05) is 17.3 Å². The second-order valence-electron chi connectivity index (χ2n) is 4.72. The maximum atomic E-state index is 8.93. The molecule has 18 heavy (non-hydrogen) atoms. The standard InChI is InChI=1S/C14H19N3S/c1-18-14-5-3-2-4-12(14)17-13-8-10(9-15)6-7-11(13)16/h6-8,12,14,17H,2-5,16H2,1H3. The molecule has 0 aromatic heterocycles. The number of nitrogens with zero attached hydrogens (tertiary/aromatic N) is 1. The van der Waals surface area contributed by atoms with Crippen LogP contribution in [0.5, 0.6) is 0 Å². The van der Waals surface area contributed by atoms with E-state index in [0.29, 0.717) is 16.9 Å². The number of nitrogens with two attached hydrogens (primary N) is 1. The third-order valence-electron chi connectivity index (χ3n) is 3.53. The predicted octanol–water partition coefficient (Wildman–Crippen LogP) is 3.23. The molecule has 3 nitrogen and oxygen atoms in total. The maximum absolute atomic E-state index is 8.93. The first-order valence-corrected chi connectivity index (χ1v) is 7.62. The van der Waals surface area contributed by atoms with Gasteiger partial charge in [0.05, 0.1) is 23.0 Å². The fourth-order valence-corrected chi connectivity index (χ4v) is 3.43. The Morgan fingerprint density at radius 2 is 2.17 bits per heavy atom. The van der Waals surface area contributed by atoms with Gasteiger partial charge in [-0.2, -0.15) is 17.0 Å². The first-order chi connectivity index (χ1) is 8.74. The fraction of sp³-hybridized carbons (Fsp3) is 0.500. The van der Waals surface area contributed by atoms with Gasteiger partial charge >= 0.3 is 0 Å². The number of benzene rings is 1. The molecule has 0 spiro atoms. The zero-order chi connectivity index (χ0) is 13.0. The van der Waals surface area contributed by atoms with E-state index in [2.05, 4.69) is 17.6 Å². The molecule has 2 atom stereocenters. The first kappa shape index (κ1) is 13.1. The van der Waals surface area contributed by atoms with Crippen molar-refractivity contribution in [1.29, 1.82) is 5.26 Å². The molecule has 2 rings (SSSR count). The molecule has 1 aromatic rings. The molecule has 3 N–H and O–H groups in total. The van der Waals surface area contributed by atoms with Crippen molar-refractivity contribution in [2.24, 2.45) is 0 Å². The average Bonchev–Trinajstić information content (AvgIpc) is 2.42. The minimum atomic E-state index is 0.463. The molecule has 4 heteroatoms. The number of thioether (sulfide) groups is 1. The van der Waals surface area contributed by atoms with E-state index in [1.165, 1.54) is 25.7 Å². The van der Waals surface area contributed by atoms with E-state index < -0.39 is 0 Å². The number of nitrogen functional groups attached to an aromatic ring is 1. The van der Waals surface area contributed by atoms with Gasteiger partial charge in [0.15, 0.2) is 0 Å². The highest BCUT2D eigenvalue weighted by Gasteiger charge is 2.24. The number of nitrogens with one attached hydrogen (secondary N) is 1. The van der Waals surface area contributed by atoms with E-state index >= 15 is 0 Å². The van der Waals surface area contributed by atoms with E-state index in [1.807, 2.05) is 17.8 Å². The Balaban J connectivity index is 2.14. The van der Waals surface area contributed by atoms with Crippen molar-refractivity contribution in [1.82, 2.24) is 0 Å². The van der Waals surface area contributed by atoms with Crippen LogP contribution < -0.4 is 11.1 Å². The molecule has 1 aliphatic carbocycles. The molecule has 1 aliphatic rings. The van der Waals surface area contributed by atoms with Gasteiger partial charge in [0.2, 0.25) is 0 Å². The summed E-state index contributed by atoms with van der Waals surface area (Å²) in [6.07, 6.45) is 7.20. The molecule has 0 aliphatic heterocycles. The van der Waals surface area contributed by atoms with Crippen LogP contribution in [0.25, 0.3) is 0 Å². The van der Waals surface area contributed by atoms with Crippen molar-refractivity contribution in [3.63, 3.8) is 0 Å². The summed E-state index contributed by atoms with van der Waals surface area (Å²) in [6, 6.07) is 8.03. The topological polar surface area (TPSA) is 61.8 Å². The Hall–Kier alpha value is -1.34. The van der Waals surface area contributed by atoms with Gasteiger partial charge in [0.25, 0.3) is 0 Å². The van der Waals surface area contributed by atoms with Crippen molar-refractivity contribution >= 4 is 23.1 Å². The summed E-state index contributed by atoms with van der Waals surface area (Å²) in [5, 5.41) is 13.1. The monoisotopic (exact) mass is 261 g/mol. The minimum Gasteiger partial charge on any atom is -0.397 e. The van der Waals surface area contributed by atoms with Gasteiger partial charge in [-0.15, -0.1) is 0 Å². The van der Waals surface area contributed by atoms with E-state index in [9.17, 15) is 0 Å². The van der Waals surface area contributed by atoms with Crippen molar-refractivity contribution in [3.8, 4) is 6.07 Å². The molecule has 1 aromatic carbocycles. The maximum Gasteiger partial charge on any atom is 0.0992 e. The van der Waals surface area contributed by atoms with Crippen LogP contribution in [0.2, 0.25) is 0 Å². The van der Waals surface area contributed by atoms with Crippen LogP contribution in [-0.4, -0.2) is 17.5 Å². The molecule has 1 saturated carbocycles. The zero-order valence-electron chi connectivity index (χ0n) is 10.6. The quantitative estimate of drug-likeness (QED) is 0.820. The Bertz CT molecular complexity index is 453. The number of hydrogen-bond acceptors (Lipinski definition) is 4. The molecule has 0 bridgehead atoms. The summed E-state index contributed by atoms with van der Waals surface area (Å²) in [4.78, 5) is 0. The van der Waals surface area contributed by atoms with E-state index in [-0.39, 0.29) is 0 Å². The van der Waals surface area contributed by atoms with Crippen molar-refractivity contribution in [3.05, 3.63) is 23.8 Å². The fourth-order valence-electron chi connectivity index (χ4n) is 2.49. The summed E-state index contributed by atoms with van der Waals surface area (Å²) in [5.74, 6) is 0. The predicted molar refractivity (Wildman–Crippen MR) is 78.8 cm³/mol. The summed E-state index contributed by atoms with van der Waals surface area (Å²) in [5.41, 5.74) is 8.25. The molecule has 2 unspecified atom stereocenters. The first-order valence-electron chi connectivity index (χ1n) is 6.33. The largest absolute Gasteiger partial charge is 0.397 e. The Labute approximate surface area is 113 Å². The molecule has 0 saturated heterocycles. The molecular formula is C14H19N3S. The second kappa shape index (κ2) is 6.01. The van der Waals surface area contributed by atoms with Crippen LogP contribution in [0.3, 0.4) is 0 Å². The lowest BCUT2D eigenvalue weighted by Gasteiger charge is -2.32. The second-order valence-corrected chi connectivity index (χ2v) is 5.80. The molecule has 0 radical (unpaired) electrons. The third kappa shape index (κ3) is 2.91. The molecular weight excluding hydrogens is 242 g/mol. The Morgan fingerprint density at radius 3 is 2.89 bits per heavy atom. The molecule has 96 valence electrons. The van der Waals surface area contributed by atoms with Crippen LogP contribution in [-0.2, 0) is 0 Å². The van der Waals surface area contributed by atoms with Crippen LogP contribution in [0.1, 0.15) is 31.2 Å².